The van der Waals surface area contributed by atoms with Gasteiger partial charge in [0.25, 0.3) is 5.91 Å². The number of hydrogen-bond donors (Lipinski definition) is 2. The normalized spacial score (nSPS) is 11.9. The monoisotopic (exact) mass is 282 g/mol. The molecule has 1 rings (SSSR count). The van der Waals surface area contributed by atoms with Gasteiger partial charge in [0.05, 0.1) is 12.3 Å². The molecule has 4 nitrogen and oxygen atoms in total. The zero-order chi connectivity index (χ0) is 14.3. The van der Waals surface area contributed by atoms with Gasteiger partial charge in [-0.1, -0.05) is 6.92 Å². The molecule has 1 aromatic rings. The maximum atomic E-state index is 12.0. The topological polar surface area (TPSA) is 64.3 Å². The lowest BCUT2D eigenvalue weighted by molar-refractivity contribution is 0.0944. The molecular formula is C14H22N2O2S. The van der Waals surface area contributed by atoms with Gasteiger partial charge < -0.3 is 15.8 Å². The Hall–Kier alpha value is -1.36. The van der Waals surface area contributed by atoms with E-state index in [0.717, 1.165) is 11.5 Å². The summed E-state index contributed by atoms with van der Waals surface area (Å²) >= 11 is 1.81. The van der Waals surface area contributed by atoms with Crippen LogP contribution in [0.25, 0.3) is 0 Å². The van der Waals surface area contributed by atoms with Crippen LogP contribution in [0.5, 0.6) is 5.75 Å². The van der Waals surface area contributed by atoms with Crippen molar-refractivity contribution >= 4 is 23.4 Å². The summed E-state index contributed by atoms with van der Waals surface area (Å²) in [5.74, 6) is 2.48. The first kappa shape index (κ1) is 15.7. The number of carbonyl (C=O) groups excluding carboxylic acids is 1. The Morgan fingerprint density at radius 1 is 1.47 bits per heavy atom. The van der Waals surface area contributed by atoms with Crippen molar-refractivity contribution in [3.63, 3.8) is 0 Å². The molecule has 106 valence electrons. The van der Waals surface area contributed by atoms with Crippen LogP contribution in [-0.2, 0) is 0 Å². The lowest BCUT2D eigenvalue weighted by Gasteiger charge is -2.14. The van der Waals surface area contributed by atoms with Crippen molar-refractivity contribution in [1.29, 1.82) is 0 Å². The number of nitrogen functional groups attached to an aromatic ring is 1. The van der Waals surface area contributed by atoms with Gasteiger partial charge in [0.2, 0.25) is 0 Å². The van der Waals surface area contributed by atoms with E-state index in [0.29, 0.717) is 23.6 Å². The van der Waals surface area contributed by atoms with E-state index in [4.69, 9.17) is 10.5 Å². The Balaban J connectivity index is 2.64. The zero-order valence-corrected chi connectivity index (χ0v) is 12.5. The number of ether oxygens (including phenoxy) is 1. The molecule has 1 amide bonds. The van der Waals surface area contributed by atoms with Crippen molar-refractivity contribution in [2.45, 2.75) is 26.8 Å². The SMILES string of the molecule is CCOc1ccc(C(=O)NC(C)CSCC)cc1N. The highest BCUT2D eigenvalue weighted by molar-refractivity contribution is 7.99. The Bertz CT molecular complexity index is 424. The third-order valence-corrected chi connectivity index (χ3v) is 3.67. The molecule has 0 radical (unpaired) electrons. The van der Waals surface area contributed by atoms with Gasteiger partial charge in [0.15, 0.2) is 0 Å². The smallest absolute Gasteiger partial charge is 0.251 e. The van der Waals surface area contributed by atoms with Crippen LogP contribution in [0.15, 0.2) is 18.2 Å². The van der Waals surface area contributed by atoms with Gasteiger partial charge >= 0.3 is 0 Å². The molecular weight excluding hydrogens is 260 g/mol. The summed E-state index contributed by atoms with van der Waals surface area (Å²) in [5, 5.41) is 2.95. The average molecular weight is 282 g/mol. The van der Waals surface area contributed by atoms with E-state index in [1.807, 2.05) is 13.8 Å². The van der Waals surface area contributed by atoms with Crippen LogP contribution in [-0.4, -0.2) is 30.1 Å². The Morgan fingerprint density at radius 2 is 2.21 bits per heavy atom. The average Bonchev–Trinajstić information content (AvgIpc) is 2.38. The van der Waals surface area contributed by atoms with Crippen molar-refractivity contribution in [2.75, 3.05) is 23.8 Å². The molecule has 1 atom stereocenters. The molecule has 1 aromatic carbocycles. The summed E-state index contributed by atoms with van der Waals surface area (Å²) in [6.07, 6.45) is 0. The fourth-order valence-electron chi connectivity index (χ4n) is 1.62. The summed E-state index contributed by atoms with van der Waals surface area (Å²) in [6, 6.07) is 5.26. The molecule has 0 aliphatic rings. The van der Waals surface area contributed by atoms with Crippen LogP contribution < -0.4 is 15.8 Å². The molecule has 0 fully saturated rings. The number of rotatable bonds is 7. The predicted molar refractivity (Wildman–Crippen MR) is 82.0 cm³/mol. The highest BCUT2D eigenvalue weighted by atomic mass is 32.2. The second-order valence-corrected chi connectivity index (χ2v) is 5.54. The first-order chi connectivity index (χ1) is 9.08. The first-order valence-corrected chi connectivity index (χ1v) is 7.64. The minimum absolute atomic E-state index is 0.0982. The number of thioether (sulfide) groups is 1. The lowest BCUT2D eigenvalue weighted by Crippen LogP contribution is -2.34. The summed E-state index contributed by atoms with van der Waals surface area (Å²) in [6.45, 7) is 6.55. The maximum Gasteiger partial charge on any atom is 0.251 e. The highest BCUT2D eigenvalue weighted by Crippen LogP contribution is 2.22. The lowest BCUT2D eigenvalue weighted by atomic mass is 10.1. The largest absolute Gasteiger partial charge is 0.492 e. The molecule has 19 heavy (non-hydrogen) atoms. The van der Waals surface area contributed by atoms with Crippen LogP contribution in [0.4, 0.5) is 5.69 Å². The van der Waals surface area contributed by atoms with Crippen molar-refractivity contribution in [2.24, 2.45) is 0 Å². The quantitative estimate of drug-likeness (QED) is 0.754. The zero-order valence-electron chi connectivity index (χ0n) is 11.7. The van der Waals surface area contributed by atoms with Gasteiger partial charge in [-0.2, -0.15) is 11.8 Å². The van der Waals surface area contributed by atoms with E-state index in [2.05, 4.69) is 12.2 Å². The molecule has 0 aliphatic carbocycles. The van der Waals surface area contributed by atoms with Crippen molar-refractivity contribution in [3.05, 3.63) is 23.8 Å². The molecule has 0 saturated carbocycles. The standard InChI is InChI=1S/C14H22N2O2S/c1-4-18-13-7-6-11(8-12(13)15)14(17)16-10(3)9-19-5-2/h6-8,10H,4-5,9,15H2,1-3H3,(H,16,17). The van der Waals surface area contributed by atoms with E-state index in [1.165, 1.54) is 0 Å². The van der Waals surface area contributed by atoms with Crippen molar-refractivity contribution in [3.8, 4) is 5.75 Å². The molecule has 0 aliphatic heterocycles. The third-order valence-electron chi connectivity index (χ3n) is 2.52. The van der Waals surface area contributed by atoms with Gasteiger partial charge in [0.1, 0.15) is 5.75 Å². The molecule has 3 N–H and O–H groups in total. The van der Waals surface area contributed by atoms with Gasteiger partial charge in [-0.15, -0.1) is 0 Å². The number of hydrogen-bond acceptors (Lipinski definition) is 4. The second-order valence-electron chi connectivity index (χ2n) is 4.22. The van der Waals surface area contributed by atoms with Crippen molar-refractivity contribution in [1.82, 2.24) is 5.32 Å². The molecule has 0 spiro atoms. The number of carbonyl (C=O) groups is 1. The van der Waals surface area contributed by atoms with Crippen LogP contribution in [0, 0.1) is 0 Å². The molecule has 5 heteroatoms. The minimum atomic E-state index is -0.0982. The fraction of sp³-hybridized carbons (Fsp3) is 0.500. The third kappa shape index (κ3) is 5.03. The number of benzene rings is 1. The fourth-order valence-corrected chi connectivity index (χ4v) is 2.29. The van der Waals surface area contributed by atoms with Gasteiger partial charge in [-0.05, 0) is 37.8 Å². The van der Waals surface area contributed by atoms with Crippen LogP contribution in [0.3, 0.4) is 0 Å². The number of anilines is 1. The molecule has 0 saturated heterocycles. The van der Waals surface area contributed by atoms with Crippen molar-refractivity contribution < 1.29 is 9.53 Å². The highest BCUT2D eigenvalue weighted by Gasteiger charge is 2.11. The first-order valence-electron chi connectivity index (χ1n) is 6.49. The Kier molecular flexibility index (Phi) is 6.56. The van der Waals surface area contributed by atoms with Gasteiger partial charge in [0, 0.05) is 17.4 Å². The van der Waals surface area contributed by atoms with E-state index >= 15 is 0 Å². The molecule has 0 heterocycles. The molecule has 1 unspecified atom stereocenters. The van der Waals surface area contributed by atoms with Gasteiger partial charge in [-0.25, -0.2) is 0 Å². The van der Waals surface area contributed by atoms with Crippen LogP contribution in [0.1, 0.15) is 31.1 Å². The number of nitrogens with one attached hydrogen (secondary N) is 1. The van der Waals surface area contributed by atoms with E-state index in [1.54, 1.807) is 30.0 Å². The Labute approximate surface area is 119 Å². The number of nitrogens with two attached hydrogens (primary N) is 1. The second kappa shape index (κ2) is 7.94. The predicted octanol–water partition coefficient (Wildman–Crippen LogP) is 2.54. The molecule has 0 bridgehead atoms. The minimum Gasteiger partial charge on any atom is -0.492 e. The van der Waals surface area contributed by atoms with Crippen LogP contribution in [0.2, 0.25) is 0 Å². The Morgan fingerprint density at radius 3 is 2.79 bits per heavy atom. The summed E-state index contributed by atoms with van der Waals surface area (Å²) in [5.41, 5.74) is 6.90. The maximum absolute atomic E-state index is 12.0. The van der Waals surface area contributed by atoms with E-state index < -0.39 is 0 Å². The number of amides is 1. The van der Waals surface area contributed by atoms with E-state index in [9.17, 15) is 4.79 Å². The van der Waals surface area contributed by atoms with Gasteiger partial charge in [-0.3, -0.25) is 4.79 Å². The summed E-state index contributed by atoms with van der Waals surface area (Å²) in [4.78, 5) is 12.0. The summed E-state index contributed by atoms with van der Waals surface area (Å²) in [7, 11) is 0. The van der Waals surface area contributed by atoms with Crippen LogP contribution >= 0.6 is 11.8 Å². The van der Waals surface area contributed by atoms with E-state index in [-0.39, 0.29) is 11.9 Å². The molecule has 0 aromatic heterocycles. The summed E-state index contributed by atoms with van der Waals surface area (Å²) < 4.78 is 5.35.